The summed E-state index contributed by atoms with van der Waals surface area (Å²) in [6, 6.07) is 14.7. The van der Waals surface area contributed by atoms with Gasteiger partial charge >= 0.3 is 0 Å². The Labute approximate surface area is 156 Å². The zero-order valence-electron chi connectivity index (χ0n) is 15.8. The van der Waals surface area contributed by atoms with Crippen LogP contribution in [0.5, 0.6) is 0 Å². The topological polar surface area (TPSA) is 49.9 Å². The molecule has 2 aromatic rings. The smallest absolute Gasteiger partial charge is 0.220 e. The highest BCUT2D eigenvalue weighted by Gasteiger charge is 2.30. The van der Waals surface area contributed by atoms with Crippen molar-refractivity contribution in [2.45, 2.75) is 26.3 Å². The average molecular weight is 356 g/mol. The first-order valence-electron chi connectivity index (χ1n) is 9.58. The third-order valence-electron chi connectivity index (χ3n) is 5.00. The Balaban J connectivity index is 1.60. The van der Waals surface area contributed by atoms with Crippen LogP contribution in [-0.2, 0) is 4.79 Å². The van der Waals surface area contributed by atoms with Gasteiger partial charge in [-0.25, -0.2) is 0 Å². The van der Waals surface area contributed by atoms with E-state index >= 15 is 0 Å². The van der Waals surface area contributed by atoms with Crippen LogP contribution >= 0.6 is 0 Å². The molecule has 0 radical (unpaired) electrons. The lowest BCUT2D eigenvalue weighted by Crippen LogP contribution is -3.15. The predicted octanol–water partition coefficient (Wildman–Crippen LogP) is 1.89. The van der Waals surface area contributed by atoms with Crippen LogP contribution < -0.4 is 15.1 Å². The highest BCUT2D eigenvalue weighted by molar-refractivity contribution is 5.76. The molecule has 0 unspecified atom stereocenters. The fraction of sp³-hybridized carbons (Fsp3) is 0.476. The molecule has 1 aromatic carbocycles. The lowest BCUT2D eigenvalue weighted by molar-refractivity contribution is -0.932. The van der Waals surface area contributed by atoms with Gasteiger partial charge in [-0.2, -0.15) is 0 Å². The average Bonchev–Trinajstić information content (AvgIpc) is 3.17. The van der Waals surface area contributed by atoms with Gasteiger partial charge in [0.15, 0.2) is 11.8 Å². The van der Waals surface area contributed by atoms with E-state index in [1.165, 1.54) is 10.6 Å². The van der Waals surface area contributed by atoms with E-state index in [4.69, 9.17) is 4.42 Å². The van der Waals surface area contributed by atoms with Crippen molar-refractivity contribution < 1.29 is 14.1 Å². The molecule has 0 aliphatic carbocycles. The summed E-state index contributed by atoms with van der Waals surface area (Å²) in [6.07, 6.45) is 2.29. The van der Waals surface area contributed by atoms with Crippen molar-refractivity contribution in [3.8, 4) is 0 Å². The normalized spacial score (nSPS) is 16.7. The molecule has 2 heterocycles. The number of nitrogens with zero attached hydrogens (tertiary/aromatic N) is 1. The second kappa shape index (κ2) is 8.90. The molecule has 0 bridgehead atoms. The summed E-state index contributed by atoms with van der Waals surface area (Å²) >= 11 is 0. The van der Waals surface area contributed by atoms with Gasteiger partial charge in [0, 0.05) is 12.1 Å². The molecule has 1 aliphatic heterocycles. The molecule has 1 aliphatic rings. The number of benzene rings is 1. The number of para-hydroxylation sites is 1. The first kappa shape index (κ1) is 18.5. The minimum atomic E-state index is 0.124. The zero-order valence-corrected chi connectivity index (χ0v) is 15.8. The van der Waals surface area contributed by atoms with Crippen molar-refractivity contribution in [3.63, 3.8) is 0 Å². The first-order valence-corrected chi connectivity index (χ1v) is 9.58. The molecule has 1 atom stereocenters. The molecule has 2 N–H and O–H groups in total. The van der Waals surface area contributed by atoms with Gasteiger partial charge in [-0.15, -0.1) is 0 Å². The standard InChI is InChI=1S/C21H29N3O2/c1-17(2)15-21(25)22-16-19(20-9-6-14-26-20)24-12-10-23(11-13-24)18-7-4-3-5-8-18/h3-9,14,17,19H,10-13,15-16H2,1-2H3,(H,22,25)/p+1/t19-/m1/s1. The second-order valence-electron chi connectivity index (χ2n) is 7.45. The van der Waals surface area contributed by atoms with Crippen LogP contribution in [-0.4, -0.2) is 38.6 Å². The monoisotopic (exact) mass is 356 g/mol. The van der Waals surface area contributed by atoms with Gasteiger partial charge in [0.2, 0.25) is 5.91 Å². The van der Waals surface area contributed by atoms with Crippen molar-refractivity contribution >= 4 is 11.6 Å². The first-order chi connectivity index (χ1) is 12.6. The minimum absolute atomic E-state index is 0.124. The number of hydrogen-bond donors (Lipinski definition) is 2. The van der Waals surface area contributed by atoms with E-state index in [2.05, 4.69) is 54.4 Å². The summed E-state index contributed by atoms with van der Waals surface area (Å²) in [6.45, 7) is 8.84. The number of amides is 1. The number of piperazine rings is 1. The molecule has 0 saturated carbocycles. The Morgan fingerprint density at radius 1 is 1.15 bits per heavy atom. The highest BCUT2D eigenvalue weighted by atomic mass is 16.3. The molecule has 1 saturated heterocycles. The van der Waals surface area contributed by atoms with Crippen molar-refractivity contribution in [2.75, 3.05) is 37.6 Å². The number of nitrogens with one attached hydrogen (secondary N) is 2. The van der Waals surface area contributed by atoms with Crippen LogP contribution in [0, 0.1) is 5.92 Å². The van der Waals surface area contributed by atoms with E-state index < -0.39 is 0 Å². The van der Waals surface area contributed by atoms with E-state index in [9.17, 15) is 4.79 Å². The van der Waals surface area contributed by atoms with Gasteiger partial charge in [-0.05, 0) is 30.2 Å². The molecule has 1 aromatic heterocycles. The molecule has 0 spiro atoms. The lowest BCUT2D eigenvalue weighted by atomic mass is 10.1. The van der Waals surface area contributed by atoms with Gasteiger partial charge in [0.05, 0.1) is 39.0 Å². The van der Waals surface area contributed by atoms with Gasteiger partial charge in [-0.1, -0.05) is 32.0 Å². The van der Waals surface area contributed by atoms with Crippen LogP contribution in [0.15, 0.2) is 53.1 Å². The molecular formula is C21H30N3O2+. The summed E-state index contributed by atoms with van der Waals surface area (Å²) in [5.74, 6) is 1.45. The number of carbonyl (C=O) groups excluding carboxylic acids is 1. The summed E-state index contributed by atoms with van der Waals surface area (Å²) < 4.78 is 5.69. The third kappa shape index (κ3) is 4.88. The van der Waals surface area contributed by atoms with Crippen molar-refractivity contribution in [1.29, 1.82) is 0 Å². The largest absolute Gasteiger partial charge is 0.463 e. The number of hydrogen-bond acceptors (Lipinski definition) is 3. The van der Waals surface area contributed by atoms with Crippen molar-refractivity contribution in [1.82, 2.24) is 5.32 Å². The van der Waals surface area contributed by atoms with Gasteiger partial charge in [0.25, 0.3) is 0 Å². The highest BCUT2D eigenvalue weighted by Crippen LogP contribution is 2.15. The maximum Gasteiger partial charge on any atom is 0.220 e. The molecule has 5 nitrogen and oxygen atoms in total. The molecule has 1 amide bonds. The maximum atomic E-state index is 12.1. The van der Waals surface area contributed by atoms with E-state index in [-0.39, 0.29) is 11.9 Å². The van der Waals surface area contributed by atoms with Crippen LogP contribution in [0.3, 0.4) is 0 Å². The quantitative estimate of drug-likeness (QED) is 0.797. The zero-order chi connectivity index (χ0) is 18.4. The fourth-order valence-electron chi connectivity index (χ4n) is 3.63. The molecule has 1 fully saturated rings. The number of rotatable bonds is 7. The number of quaternary nitrogens is 1. The number of anilines is 1. The Bertz CT molecular complexity index is 662. The molecular weight excluding hydrogens is 326 g/mol. The number of carbonyl (C=O) groups is 1. The molecule has 3 rings (SSSR count). The van der Waals surface area contributed by atoms with Crippen LogP contribution in [0.1, 0.15) is 32.1 Å². The summed E-state index contributed by atoms with van der Waals surface area (Å²) in [7, 11) is 0. The molecule has 5 heteroatoms. The van der Waals surface area contributed by atoms with Gasteiger partial charge in [0.1, 0.15) is 0 Å². The summed E-state index contributed by atoms with van der Waals surface area (Å²) in [5, 5.41) is 3.11. The Hall–Kier alpha value is -2.27. The Morgan fingerprint density at radius 3 is 2.50 bits per heavy atom. The summed E-state index contributed by atoms with van der Waals surface area (Å²) in [5.41, 5.74) is 1.28. The Kier molecular flexibility index (Phi) is 6.34. The van der Waals surface area contributed by atoms with E-state index in [1.54, 1.807) is 6.26 Å². The third-order valence-corrected chi connectivity index (χ3v) is 5.00. The maximum absolute atomic E-state index is 12.1. The second-order valence-corrected chi connectivity index (χ2v) is 7.45. The van der Waals surface area contributed by atoms with Gasteiger partial charge < -0.3 is 19.5 Å². The molecule has 26 heavy (non-hydrogen) atoms. The minimum Gasteiger partial charge on any atom is -0.463 e. The van der Waals surface area contributed by atoms with Crippen molar-refractivity contribution in [3.05, 3.63) is 54.5 Å². The van der Waals surface area contributed by atoms with E-state index in [1.807, 2.05) is 12.1 Å². The Morgan fingerprint density at radius 2 is 1.88 bits per heavy atom. The SMILES string of the molecule is CC(C)CC(=O)NC[C@H](c1ccco1)[NH+]1CCN(c2ccccc2)CC1. The van der Waals surface area contributed by atoms with Crippen LogP contribution in [0.4, 0.5) is 5.69 Å². The predicted molar refractivity (Wildman–Crippen MR) is 103 cm³/mol. The molecule has 140 valence electrons. The lowest BCUT2D eigenvalue weighted by Gasteiger charge is -2.37. The van der Waals surface area contributed by atoms with Gasteiger partial charge in [-0.3, -0.25) is 4.79 Å². The van der Waals surface area contributed by atoms with Crippen LogP contribution in [0.25, 0.3) is 0 Å². The summed E-state index contributed by atoms with van der Waals surface area (Å²) in [4.78, 5) is 16.0. The van der Waals surface area contributed by atoms with Crippen LogP contribution in [0.2, 0.25) is 0 Å². The number of furan rings is 1. The van der Waals surface area contributed by atoms with E-state index in [0.29, 0.717) is 18.9 Å². The fourth-order valence-corrected chi connectivity index (χ4v) is 3.63. The van der Waals surface area contributed by atoms with E-state index in [0.717, 1.165) is 31.9 Å². The van der Waals surface area contributed by atoms with Crippen molar-refractivity contribution in [2.24, 2.45) is 5.92 Å².